The molecule has 0 saturated carbocycles. The molecule has 29 heavy (non-hydrogen) atoms. The molecular weight excluding hydrogens is 370 g/mol. The lowest BCUT2D eigenvalue weighted by Gasteiger charge is -2.31. The van der Waals surface area contributed by atoms with Gasteiger partial charge >= 0.3 is 5.97 Å². The van der Waals surface area contributed by atoms with Crippen LogP contribution in [0, 0.1) is 28.6 Å². The average Bonchev–Trinajstić information content (AvgIpc) is 2.78. The number of amides is 1. The highest BCUT2D eigenvalue weighted by Gasteiger charge is 2.27. The molecule has 2 aromatic rings. The van der Waals surface area contributed by atoms with Crippen LogP contribution in [0.5, 0.6) is 0 Å². The van der Waals surface area contributed by atoms with Gasteiger partial charge in [0.1, 0.15) is 11.9 Å². The van der Waals surface area contributed by atoms with Crippen molar-refractivity contribution in [2.75, 3.05) is 29.9 Å². The van der Waals surface area contributed by atoms with E-state index in [1.54, 1.807) is 36.4 Å². The van der Waals surface area contributed by atoms with Crippen LogP contribution in [0.3, 0.4) is 0 Å². The molecule has 8 heteroatoms. The number of hydrogen-bond donors (Lipinski definition) is 1. The van der Waals surface area contributed by atoms with Crippen molar-refractivity contribution in [1.29, 1.82) is 10.5 Å². The summed E-state index contributed by atoms with van der Waals surface area (Å²) in [5.74, 6) is -0.292. The Morgan fingerprint density at radius 2 is 1.72 bits per heavy atom. The van der Waals surface area contributed by atoms with Crippen molar-refractivity contribution in [3.05, 3.63) is 53.7 Å². The normalized spacial score (nSPS) is 13.8. The molecule has 1 N–H and O–H groups in total. The smallest absolute Gasteiger partial charge is 0.309 e. The number of nitrogens with one attached hydrogen (secondary N) is 1. The van der Waals surface area contributed by atoms with E-state index in [-0.39, 0.29) is 18.5 Å². The van der Waals surface area contributed by atoms with Gasteiger partial charge in [-0.25, -0.2) is 4.98 Å². The average molecular weight is 389 g/mol. The number of benzene rings is 1. The van der Waals surface area contributed by atoms with Gasteiger partial charge in [-0.2, -0.15) is 10.5 Å². The Morgan fingerprint density at radius 3 is 2.31 bits per heavy atom. The highest BCUT2D eigenvalue weighted by Crippen LogP contribution is 2.23. The van der Waals surface area contributed by atoms with Crippen LogP contribution in [-0.4, -0.2) is 36.6 Å². The Kier molecular flexibility index (Phi) is 6.39. The number of carbonyl (C=O) groups is 2. The summed E-state index contributed by atoms with van der Waals surface area (Å²) in [4.78, 5) is 30.5. The van der Waals surface area contributed by atoms with Gasteiger partial charge in [-0.15, -0.1) is 0 Å². The molecule has 1 fully saturated rings. The zero-order chi connectivity index (χ0) is 20.6. The van der Waals surface area contributed by atoms with Gasteiger partial charge in [0.05, 0.1) is 23.1 Å². The predicted octanol–water partition coefficient (Wildman–Crippen LogP) is 2.22. The Balaban J connectivity index is 1.42. The van der Waals surface area contributed by atoms with Crippen molar-refractivity contribution in [1.82, 2.24) is 4.98 Å². The molecule has 1 aromatic carbocycles. The third-order valence-electron chi connectivity index (χ3n) is 4.67. The Labute approximate surface area is 168 Å². The minimum Gasteiger partial charge on any atom is -0.455 e. The summed E-state index contributed by atoms with van der Waals surface area (Å²) in [5, 5.41) is 20.2. The number of nitriles is 2. The van der Waals surface area contributed by atoms with Gasteiger partial charge in [0, 0.05) is 25.0 Å². The number of piperidine rings is 1. The summed E-state index contributed by atoms with van der Waals surface area (Å²) in [7, 11) is 0. The fraction of sp³-hybridized carbons (Fsp3) is 0.286. The number of aromatic nitrogens is 1. The van der Waals surface area contributed by atoms with Crippen LogP contribution in [0.25, 0.3) is 0 Å². The topological polar surface area (TPSA) is 119 Å². The Morgan fingerprint density at radius 1 is 1.07 bits per heavy atom. The molecule has 1 amide bonds. The number of carbonyl (C=O) groups excluding carboxylic acids is 2. The molecule has 1 saturated heterocycles. The van der Waals surface area contributed by atoms with E-state index in [2.05, 4.69) is 15.2 Å². The number of nitrogens with zero attached hydrogens (tertiary/aromatic N) is 4. The summed E-state index contributed by atoms with van der Waals surface area (Å²) in [6.45, 7) is 0.947. The molecule has 146 valence electrons. The molecule has 8 nitrogen and oxygen atoms in total. The highest BCUT2D eigenvalue weighted by atomic mass is 16.5. The number of anilines is 2. The summed E-state index contributed by atoms with van der Waals surface area (Å²) in [5.41, 5.74) is 1.54. The third kappa shape index (κ3) is 5.30. The second-order valence-electron chi connectivity index (χ2n) is 6.62. The molecule has 0 spiro atoms. The molecule has 0 radical (unpaired) electrons. The maximum atomic E-state index is 12.3. The van der Waals surface area contributed by atoms with E-state index in [0.29, 0.717) is 42.7 Å². The molecule has 0 unspecified atom stereocenters. The van der Waals surface area contributed by atoms with Crippen molar-refractivity contribution in [2.45, 2.75) is 12.8 Å². The zero-order valence-corrected chi connectivity index (χ0v) is 15.7. The molecule has 1 aliphatic heterocycles. The van der Waals surface area contributed by atoms with Crippen molar-refractivity contribution < 1.29 is 14.3 Å². The van der Waals surface area contributed by atoms with Crippen LogP contribution in [0.2, 0.25) is 0 Å². The molecular formula is C21H19N5O3. The van der Waals surface area contributed by atoms with Gasteiger partial charge in [-0.1, -0.05) is 0 Å². The van der Waals surface area contributed by atoms with E-state index in [1.807, 2.05) is 12.1 Å². The van der Waals surface area contributed by atoms with Crippen LogP contribution in [0.1, 0.15) is 24.0 Å². The van der Waals surface area contributed by atoms with Gasteiger partial charge < -0.3 is 15.0 Å². The molecule has 2 heterocycles. The first-order valence-corrected chi connectivity index (χ1v) is 9.17. The second-order valence-corrected chi connectivity index (χ2v) is 6.62. The number of ether oxygens (including phenoxy) is 1. The number of pyridine rings is 1. The van der Waals surface area contributed by atoms with E-state index in [0.717, 1.165) is 5.82 Å². The fourth-order valence-corrected chi connectivity index (χ4v) is 3.06. The van der Waals surface area contributed by atoms with Crippen LogP contribution < -0.4 is 10.2 Å². The maximum Gasteiger partial charge on any atom is 0.309 e. The molecule has 0 bridgehead atoms. The van der Waals surface area contributed by atoms with Crippen LogP contribution >= 0.6 is 0 Å². The first-order valence-electron chi connectivity index (χ1n) is 9.17. The van der Waals surface area contributed by atoms with Crippen molar-refractivity contribution in [2.24, 2.45) is 5.92 Å². The fourth-order valence-electron chi connectivity index (χ4n) is 3.06. The molecule has 0 aliphatic carbocycles. The van der Waals surface area contributed by atoms with E-state index in [4.69, 9.17) is 15.3 Å². The quantitative estimate of drug-likeness (QED) is 0.779. The van der Waals surface area contributed by atoms with Crippen LogP contribution in [0.4, 0.5) is 11.5 Å². The highest BCUT2D eigenvalue weighted by molar-refractivity contribution is 5.92. The van der Waals surface area contributed by atoms with Gasteiger partial charge in [-0.05, 0) is 49.2 Å². The van der Waals surface area contributed by atoms with E-state index in [9.17, 15) is 9.59 Å². The Bertz CT molecular complexity index is 950. The summed E-state index contributed by atoms with van der Waals surface area (Å²) < 4.78 is 5.16. The van der Waals surface area contributed by atoms with Gasteiger partial charge in [0.25, 0.3) is 5.91 Å². The summed E-state index contributed by atoms with van der Waals surface area (Å²) >= 11 is 0. The van der Waals surface area contributed by atoms with Crippen molar-refractivity contribution in [3.63, 3.8) is 0 Å². The lowest BCUT2D eigenvalue weighted by Crippen LogP contribution is -2.38. The minimum absolute atomic E-state index is 0.257. The number of hydrogen-bond acceptors (Lipinski definition) is 7. The first kappa shape index (κ1) is 19.8. The summed E-state index contributed by atoms with van der Waals surface area (Å²) in [6.07, 6.45) is 2.75. The zero-order valence-electron chi connectivity index (χ0n) is 15.7. The first-order chi connectivity index (χ1) is 14.1. The molecule has 1 aliphatic rings. The Hall–Kier alpha value is -3.91. The lowest BCUT2D eigenvalue weighted by atomic mass is 9.97. The third-order valence-corrected chi connectivity index (χ3v) is 4.67. The lowest BCUT2D eigenvalue weighted by molar-refractivity contribution is -0.152. The second kappa shape index (κ2) is 9.34. The monoisotopic (exact) mass is 389 g/mol. The SMILES string of the molecule is N#Cc1ccc(NC(=O)COC(=O)C2CCN(c3ccc(C#N)cn3)CC2)cc1. The predicted molar refractivity (Wildman–Crippen MR) is 105 cm³/mol. The number of esters is 1. The molecule has 3 rings (SSSR count). The van der Waals surface area contributed by atoms with E-state index in [1.165, 1.54) is 6.20 Å². The minimum atomic E-state index is -0.428. The number of rotatable bonds is 5. The van der Waals surface area contributed by atoms with Gasteiger partial charge in [0.2, 0.25) is 0 Å². The van der Waals surface area contributed by atoms with Crippen molar-refractivity contribution in [3.8, 4) is 12.1 Å². The summed E-state index contributed by atoms with van der Waals surface area (Å²) in [6, 6.07) is 14.0. The van der Waals surface area contributed by atoms with E-state index < -0.39 is 5.91 Å². The van der Waals surface area contributed by atoms with Crippen molar-refractivity contribution >= 4 is 23.4 Å². The molecule has 1 aromatic heterocycles. The van der Waals surface area contributed by atoms with Gasteiger partial charge in [0.15, 0.2) is 6.61 Å². The van der Waals surface area contributed by atoms with Gasteiger partial charge in [-0.3, -0.25) is 9.59 Å². The van der Waals surface area contributed by atoms with Crippen LogP contribution in [-0.2, 0) is 14.3 Å². The van der Waals surface area contributed by atoms with Crippen LogP contribution in [0.15, 0.2) is 42.6 Å². The standard InChI is InChI=1S/C21H19N5O3/c22-11-15-1-4-18(5-2-15)25-20(27)14-29-21(28)17-7-9-26(10-8-17)19-6-3-16(12-23)13-24-19/h1-6,13,17H,7-10,14H2,(H,25,27). The maximum absolute atomic E-state index is 12.3. The largest absolute Gasteiger partial charge is 0.455 e. The molecule has 0 atom stereocenters. The van der Waals surface area contributed by atoms with E-state index >= 15 is 0 Å².